The van der Waals surface area contributed by atoms with Crippen molar-refractivity contribution < 1.29 is 14.7 Å². The largest absolute Gasteiger partial charge is 0.480 e. The minimum Gasteiger partial charge on any atom is -0.480 e. The molecule has 1 atom stereocenters. The van der Waals surface area contributed by atoms with Gasteiger partial charge in [0, 0.05) is 22.6 Å². The van der Waals surface area contributed by atoms with Crippen molar-refractivity contribution in [3.63, 3.8) is 0 Å². The second kappa shape index (κ2) is 8.42. The monoisotopic (exact) mass is 356 g/mol. The third-order valence-corrected chi connectivity index (χ3v) is 3.70. The van der Waals surface area contributed by atoms with E-state index in [1.165, 1.54) is 0 Å². The first-order valence-corrected chi connectivity index (χ1v) is 8.47. The van der Waals surface area contributed by atoms with E-state index < -0.39 is 17.9 Å². The molecule has 7 heteroatoms. The first-order chi connectivity index (χ1) is 12.2. The maximum Gasteiger partial charge on any atom is 0.326 e. The van der Waals surface area contributed by atoms with E-state index in [-0.39, 0.29) is 5.92 Å². The van der Waals surface area contributed by atoms with E-state index >= 15 is 0 Å². The van der Waals surface area contributed by atoms with Crippen molar-refractivity contribution in [3.8, 4) is 0 Å². The molecule has 1 unspecified atom stereocenters. The summed E-state index contributed by atoms with van der Waals surface area (Å²) in [5, 5.41) is 14.9. The van der Waals surface area contributed by atoms with Crippen LogP contribution >= 0.6 is 0 Å². The summed E-state index contributed by atoms with van der Waals surface area (Å²) in [7, 11) is 0. The van der Waals surface area contributed by atoms with E-state index in [4.69, 9.17) is 0 Å². The lowest BCUT2D eigenvalue weighted by Gasteiger charge is -2.16. The standard InChI is InChI=1S/C19H24N4O3/c1-11(2)9-16(18(25)26)23-17(24)14-5-7-15(8-6-14)22-19-20-12(3)10-13(4)21-19/h5-8,10-11,16H,9H2,1-4H3,(H,23,24)(H,25,26)(H,20,21,22). The van der Waals surface area contributed by atoms with Crippen molar-refractivity contribution in [2.75, 3.05) is 5.32 Å². The van der Waals surface area contributed by atoms with Gasteiger partial charge in [-0.15, -0.1) is 0 Å². The zero-order valence-corrected chi connectivity index (χ0v) is 15.4. The molecule has 26 heavy (non-hydrogen) atoms. The van der Waals surface area contributed by atoms with Gasteiger partial charge in [0.2, 0.25) is 5.95 Å². The molecule has 1 amide bonds. The van der Waals surface area contributed by atoms with Gasteiger partial charge in [-0.3, -0.25) is 4.79 Å². The van der Waals surface area contributed by atoms with Crippen LogP contribution in [-0.4, -0.2) is 33.0 Å². The van der Waals surface area contributed by atoms with Crippen LogP contribution in [0.4, 0.5) is 11.6 Å². The number of anilines is 2. The number of amides is 1. The second-order valence-corrected chi connectivity index (χ2v) is 6.67. The van der Waals surface area contributed by atoms with Crippen LogP contribution in [0.3, 0.4) is 0 Å². The molecule has 0 spiro atoms. The Balaban J connectivity index is 2.05. The number of carboxylic acid groups (broad SMARTS) is 1. The molecule has 0 saturated heterocycles. The highest BCUT2D eigenvalue weighted by Crippen LogP contribution is 2.15. The van der Waals surface area contributed by atoms with Crippen molar-refractivity contribution in [2.24, 2.45) is 5.92 Å². The highest BCUT2D eigenvalue weighted by Gasteiger charge is 2.21. The van der Waals surface area contributed by atoms with Crippen molar-refractivity contribution >= 4 is 23.5 Å². The predicted octanol–water partition coefficient (Wildman–Crippen LogP) is 3.07. The van der Waals surface area contributed by atoms with Crippen LogP contribution in [0.25, 0.3) is 0 Å². The van der Waals surface area contributed by atoms with Gasteiger partial charge in [-0.2, -0.15) is 0 Å². The SMILES string of the molecule is Cc1cc(C)nc(Nc2ccc(C(=O)NC(CC(C)C)C(=O)O)cc2)n1. The first kappa shape index (κ1) is 19.4. The molecule has 0 bridgehead atoms. The molecule has 2 rings (SSSR count). The Bertz CT molecular complexity index is 768. The number of rotatable bonds is 7. The number of aromatic nitrogens is 2. The maximum absolute atomic E-state index is 12.3. The number of aliphatic carboxylic acids is 1. The third-order valence-electron chi connectivity index (χ3n) is 3.70. The summed E-state index contributed by atoms with van der Waals surface area (Å²) in [6.07, 6.45) is 0.380. The Hall–Kier alpha value is -2.96. The molecular weight excluding hydrogens is 332 g/mol. The fourth-order valence-corrected chi connectivity index (χ4v) is 2.55. The molecule has 0 radical (unpaired) electrons. The molecule has 0 fully saturated rings. The highest BCUT2D eigenvalue weighted by atomic mass is 16.4. The highest BCUT2D eigenvalue weighted by molar-refractivity contribution is 5.96. The normalized spacial score (nSPS) is 11.9. The fraction of sp³-hybridized carbons (Fsp3) is 0.368. The molecule has 1 aromatic carbocycles. The average molecular weight is 356 g/mol. The number of benzene rings is 1. The topological polar surface area (TPSA) is 104 Å². The zero-order chi connectivity index (χ0) is 19.3. The summed E-state index contributed by atoms with van der Waals surface area (Å²) in [6, 6.07) is 7.71. The number of nitrogens with one attached hydrogen (secondary N) is 2. The van der Waals surface area contributed by atoms with Crippen molar-refractivity contribution in [1.29, 1.82) is 0 Å². The number of aryl methyl sites for hydroxylation is 2. The third kappa shape index (κ3) is 5.54. The van der Waals surface area contributed by atoms with Crippen LogP contribution in [0.1, 0.15) is 42.0 Å². The van der Waals surface area contributed by atoms with E-state index in [1.807, 2.05) is 33.8 Å². The van der Waals surface area contributed by atoms with E-state index in [0.29, 0.717) is 17.9 Å². The molecule has 7 nitrogen and oxygen atoms in total. The number of hydrogen-bond donors (Lipinski definition) is 3. The molecule has 1 heterocycles. The fourth-order valence-electron chi connectivity index (χ4n) is 2.55. The van der Waals surface area contributed by atoms with Gasteiger partial charge in [-0.05, 0) is 56.5 Å². The number of carbonyl (C=O) groups excluding carboxylic acids is 1. The molecule has 2 aromatic rings. The van der Waals surface area contributed by atoms with Gasteiger partial charge in [-0.25, -0.2) is 14.8 Å². The van der Waals surface area contributed by atoms with Gasteiger partial charge < -0.3 is 15.7 Å². The minimum atomic E-state index is -1.03. The summed E-state index contributed by atoms with van der Waals surface area (Å²) in [5.74, 6) is -0.784. The van der Waals surface area contributed by atoms with E-state index in [1.54, 1.807) is 24.3 Å². The Morgan fingerprint density at radius 3 is 2.15 bits per heavy atom. The number of carbonyl (C=O) groups is 2. The van der Waals surface area contributed by atoms with Gasteiger partial charge in [0.15, 0.2) is 0 Å². The molecule has 0 aliphatic rings. The Labute approximate surface area is 152 Å². The Morgan fingerprint density at radius 2 is 1.65 bits per heavy atom. The van der Waals surface area contributed by atoms with Crippen LogP contribution < -0.4 is 10.6 Å². The first-order valence-electron chi connectivity index (χ1n) is 8.47. The lowest BCUT2D eigenvalue weighted by Crippen LogP contribution is -2.41. The molecular formula is C19H24N4O3. The van der Waals surface area contributed by atoms with Crippen molar-refractivity contribution in [1.82, 2.24) is 15.3 Å². The van der Waals surface area contributed by atoms with Crippen LogP contribution in [0.15, 0.2) is 30.3 Å². The van der Waals surface area contributed by atoms with Crippen LogP contribution in [0, 0.1) is 19.8 Å². The predicted molar refractivity (Wildman–Crippen MR) is 99.6 cm³/mol. The smallest absolute Gasteiger partial charge is 0.326 e. The number of hydrogen-bond acceptors (Lipinski definition) is 5. The summed E-state index contributed by atoms with van der Waals surface area (Å²) >= 11 is 0. The minimum absolute atomic E-state index is 0.167. The van der Waals surface area contributed by atoms with E-state index in [9.17, 15) is 14.7 Å². The van der Waals surface area contributed by atoms with Gasteiger partial charge in [0.25, 0.3) is 5.91 Å². The lowest BCUT2D eigenvalue weighted by molar-refractivity contribution is -0.139. The van der Waals surface area contributed by atoms with Crippen LogP contribution in [0.5, 0.6) is 0 Å². The van der Waals surface area contributed by atoms with Crippen LogP contribution in [-0.2, 0) is 4.79 Å². The van der Waals surface area contributed by atoms with Crippen molar-refractivity contribution in [2.45, 2.75) is 40.2 Å². The van der Waals surface area contributed by atoms with E-state index in [0.717, 1.165) is 17.1 Å². The average Bonchev–Trinajstić information content (AvgIpc) is 2.53. The molecule has 0 aliphatic carbocycles. The van der Waals surface area contributed by atoms with Gasteiger partial charge in [-0.1, -0.05) is 13.8 Å². The summed E-state index contributed by atoms with van der Waals surface area (Å²) < 4.78 is 0. The number of nitrogens with zero attached hydrogens (tertiary/aromatic N) is 2. The summed E-state index contributed by atoms with van der Waals surface area (Å²) in [5.41, 5.74) is 2.86. The lowest BCUT2D eigenvalue weighted by atomic mass is 10.0. The van der Waals surface area contributed by atoms with Gasteiger partial charge in [0.05, 0.1) is 0 Å². The summed E-state index contributed by atoms with van der Waals surface area (Å²) in [4.78, 5) is 32.2. The van der Waals surface area contributed by atoms with Gasteiger partial charge in [0.1, 0.15) is 6.04 Å². The second-order valence-electron chi connectivity index (χ2n) is 6.67. The molecule has 138 valence electrons. The van der Waals surface area contributed by atoms with E-state index in [2.05, 4.69) is 20.6 Å². The Morgan fingerprint density at radius 1 is 1.08 bits per heavy atom. The molecule has 0 aliphatic heterocycles. The van der Waals surface area contributed by atoms with Crippen LogP contribution in [0.2, 0.25) is 0 Å². The summed E-state index contributed by atoms with van der Waals surface area (Å²) in [6.45, 7) is 7.61. The number of carboxylic acids is 1. The quantitative estimate of drug-likeness (QED) is 0.704. The van der Waals surface area contributed by atoms with Gasteiger partial charge >= 0.3 is 5.97 Å². The maximum atomic E-state index is 12.3. The zero-order valence-electron chi connectivity index (χ0n) is 15.4. The molecule has 3 N–H and O–H groups in total. The molecule has 1 aromatic heterocycles. The Kier molecular flexibility index (Phi) is 6.27. The van der Waals surface area contributed by atoms with Crippen molar-refractivity contribution in [3.05, 3.63) is 47.3 Å². The molecule has 0 saturated carbocycles.